The number of carbonyl (C=O) groups excluding carboxylic acids is 1. The first-order valence-corrected chi connectivity index (χ1v) is 11.2. The molecule has 0 N–H and O–H groups in total. The van der Waals surface area contributed by atoms with E-state index >= 15 is 0 Å². The smallest absolute Gasteiger partial charge is 0.241 e. The van der Waals surface area contributed by atoms with Gasteiger partial charge in [0.1, 0.15) is 5.82 Å². The lowest BCUT2D eigenvalue weighted by Crippen LogP contribution is -2.61. The largest absolute Gasteiger partial charge is 0.306 e. The van der Waals surface area contributed by atoms with Crippen LogP contribution in [0.2, 0.25) is 0 Å². The number of halogens is 2. The summed E-state index contributed by atoms with van der Waals surface area (Å²) in [4.78, 5) is 16.4. The monoisotopic (exact) mass is 452 g/mol. The van der Waals surface area contributed by atoms with Gasteiger partial charge >= 0.3 is 0 Å². The standard InChI is InChI=1S/C19H18BrFN2O3S/c20-14-3-7-16(8-4-14)23-18-12-27(25,26)11-17(18)22(10-19(23)24)9-13-1-5-15(21)6-2-13/h1-8,17-18H,9-12H2/t17-,18+/m0/s1. The van der Waals surface area contributed by atoms with Crippen molar-refractivity contribution >= 4 is 37.4 Å². The van der Waals surface area contributed by atoms with Crippen LogP contribution in [0.5, 0.6) is 0 Å². The highest BCUT2D eigenvalue weighted by Gasteiger charge is 2.49. The van der Waals surface area contributed by atoms with Gasteiger partial charge < -0.3 is 4.90 Å². The van der Waals surface area contributed by atoms with Crippen molar-refractivity contribution < 1.29 is 17.6 Å². The average molecular weight is 453 g/mol. The van der Waals surface area contributed by atoms with Gasteiger partial charge in [-0.25, -0.2) is 12.8 Å². The minimum absolute atomic E-state index is 0.0270. The molecule has 2 fully saturated rings. The summed E-state index contributed by atoms with van der Waals surface area (Å²) in [5.41, 5.74) is 1.56. The number of hydrogen-bond acceptors (Lipinski definition) is 4. The van der Waals surface area contributed by atoms with Gasteiger partial charge in [-0.05, 0) is 42.0 Å². The molecule has 0 spiro atoms. The summed E-state index contributed by atoms with van der Waals surface area (Å²) in [6.07, 6.45) is 0. The van der Waals surface area contributed by atoms with Crippen molar-refractivity contribution in [2.45, 2.75) is 18.6 Å². The predicted molar refractivity (Wildman–Crippen MR) is 105 cm³/mol. The lowest BCUT2D eigenvalue weighted by Gasteiger charge is -2.43. The van der Waals surface area contributed by atoms with Gasteiger partial charge in [0.2, 0.25) is 5.91 Å². The molecule has 0 aliphatic carbocycles. The molecule has 2 atom stereocenters. The van der Waals surface area contributed by atoms with Gasteiger partial charge in [0.15, 0.2) is 9.84 Å². The van der Waals surface area contributed by atoms with Crippen molar-refractivity contribution in [3.8, 4) is 0 Å². The van der Waals surface area contributed by atoms with Crippen LogP contribution in [0.4, 0.5) is 10.1 Å². The summed E-state index contributed by atoms with van der Waals surface area (Å²) in [5, 5.41) is 0. The molecule has 1 amide bonds. The number of sulfone groups is 1. The first kappa shape index (κ1) is 18.6. The van der Waals surface area contributed by atoms with Crippen molar-refractivity contribution in [2.75, 3.05) is 23.0 Å². The second-order valence-electron chi connectivity index (χ2n) is 6.98. The van der Waals surface area contributed by atoms with Crippen LogP contribution in [0.25, 0.3) is 0 Å². The van der Waals surface area contributed by atoms with E-state index < -0.39 is 15.9 Å². The molecule has 2 saturated heterocycles. The molecule has 0 bridgehead atoms. The van der Waals surface area contributed by atoms with Crippen molar-refractivity contribution in [2.24, 2.45) is 0 Å². The molecular formula is C19H18BrFN2O3S. The number of nitrogens with zero attached hydrogens (tertiary/aromatic N) is 2. The lowest BCUT2D eigenvalue weighted by molar-refractivity contribution is -0.123. The van der Waals surface area contributed by atoms with Gasteiger partial charge in [-0.3, -0.25) is 9.69 Å². The second kappa shape index (κ2) is 7.00. The third-order valence-electron chi connectivity index (χ3n) is 5.10. The number of anilines is 1. The van der Waals surface area contributed by atoms with Gasteiger partial charge in [0.25, 0.3) is 0 Å². The van der Waals surface area contributed by atoms with Crippen LogP contribution in [0.1, 0.15) is 5.56 Å². The molecule has 5 nitrogen and oxygen atoms in total. The summed E-state index contributed by atoms with van der Waals surface area (Å²) in [5.74, 6) is -0.465. The third-order valence-corrected chi connectivity index (χ3v) is 7.33. The Kier molecular flexibility index (Phi) is 4.82. The summed E-state index contributed by atoms with van der Waals surface area (Å²) in [7, 11) is -3.24. The summed E-state index contributed by atoms with van der Waals surface area (Å²) >= 11 is 3.38. The Bertz CT molecular complexity index is 963. The highest BCUT2D eigenvalue weighted by Crippen LogP contribution is 2.33. The van der Waals surface area contributed by atoms with Crippen LogP contribution < -0.4 is 4.90 Å². The minimum atomic E-state index is -3.24. The number of piperazine rings is 1. The lowest BCUT2D eigenvalue weighted by atomic mass is 10.0. The molecule has 142 valence electrons. The van der Waals surface area contributed by atoms with E-state index in [9.17, 15) is 17.6 Å². The van der Waals surface area contributed by atoms with Crippen molar-refractivity contribution in [1.82, 2.24) is 4.90 Å². The van der Waals surface area contributed by atoms with Crippen LogP contribution in [-0.2, 0) is 21.2 Å². The summed E-state index contributed by atoms with van der Waals surface area (Å²) < 4.78 is 38.8. The van der Waals surface area contributed by atoms with E-state index in [4.69, 9.17) is 0 Å². The fourth-order valence-corrected chi connectivity index (χ4v) is 6.14. The Morgan fingerprint density at radius 3 is 2.30 bits per heavy atom. The molecule has 2 aromatic carbocycles. The maximum absolute atomic E-state index is 13.2. The van der Waals surface area contributed by atoms with E-state index in [0.29, 0.717) is 12.2 Å². The van der Waals surface area contributed by atoms with E-state index in [1.54, 1.807) is 17.0 Å². The van der Waals surface area contributed by atoms with Crippen LogP contribution in [0, 0.1) is 5.82 Å². The Morgan fingerprint density at radius 2 is 1.63 bits per heavy atom. The van der Waals surface area contributed by atoms with E-state index in [1.807, 2.05) is 29.2 Å². The number of hydrogen-bond donors (Lipinski definition) is 0. The predicted octanol–water partition coefficient (Wildman–Crippen LogP) is 2.60. The molecule has 4 rings (SSSR count). The molecular weight excluding hydrogens is 435 g/mol. The van der Waals surface area contributed by atoms with Gasteiger partial charge in [-0.15, -0.1) is 0 Å². The van der Waals surface area contributed by atoms with Crippen LogP contribution in [0.15, 0.2) is 53.0 Å². The maximum atomic E-state index is 13.2. The van der Waals surface area contributed by atoms with E-state index in [-0.39, 0.29) is 35.8 Å². The number of carbonyl (C=O) groups is 1. The quantitative estimate of drug-likeness (QED) is 0.717. The Labute approximate surface area is 165 Å². The van der Waals surface area contributed by atoms with Crippen LogP contribution >= 0.6 is 15.9 Å². The first-order chi connectivity index (χ1) is 12.8. The van der Waals surface area contributed by atoms with Crippen LogP contribution in [0.3, 0.4) is 0 Å². The van der Waals surface area contributed by atoms with Gasteiger partial charge in [0.05, 0.1) is 24.1 Å². The van der Waals surface area contributed by atoms with Gasteiger partial charge in [0, 0.05) is 22.7 Å². The van der Waals surface area contributed by atoms with Crippen molar-refractivity contribution in [3.63, 3.8) is 0 Å². The molecule has 2 aliphatic heterocycles. The third kappa shape index (κ3) is 3.79. The number of amides is 1. The van der Waals surface area contributed by atoms with E-state index in [0.717, 1.165) is 10.0 Å². The summed E-state index contributed by atoms with van der Waals surface area (Å²) in [6, 6.07) is 12.7. The van der Waals surface area contributed by atoms with Crippen molar-refractivity contribution in [1.29, 1.82) is 0 Å². The maximum Gasteiger partial charge on any atom is 0.241 e. The van der Waals surface area contributed by atoms with Gasteiger partial charge in [-0.2, -0.15) is 0 Å². The van der Waals surface area contributed by atoms with Crippen LogP contribution in [-0.4, -0.2) is 49.4 Å². The molecule has 2 heterocycles. The molecule has 0 unspecified atom stereocenters. The molecule has 8 heteroatoms. The first-order valence-electron chi connectivity index (χ1n) is 8.59. The Balaban J connectivity index is 1.65. The fraction of sp³-hybridized carbons (Fsp3) is 0.316. The molecule has 2 aliphatic rings. The second-order valence-corrected chi connectivity index (χ2v) is 10.1. The van der Waals surface area contributed by atoms with E-state index in [2.05, 4.69) is 15.9 Å². The molecule has 2 aromatic rings. The number of rotatable bonds is 3. The molecule has 0 saturated carbocycles. The molecule has 0 radical (unpaired) electrons. The molecule has 27 heavy (non-hydrogen) atoms. The topological polar surface area (TPSA) is 57.7 Å². The highest BCUT2D eigenvalue weighted by molar-refractivity contribution is 9.10. The SMILES string of the molecule is O=C1CN(Cc2ccc(F)cc2)[C@H]2CS(=O)(=O)C[C@H]2N1c1ccc(Br)cc1. The van der Waals surface area contributed by atoms with Gasteiger partial charge in [-0.1, -0.05) is 28.1 Å². The Morgan fingerprint density at radius 1 is 1.00 bits per heavy atom. The van der Waals surface area contributed by atoms with E-state index in [1.165, 1.54) is 12.1 Å². The number of benzene rings is 2. The average Bonchev–Trinajstić information content (AvgIpc) is 2.93. The minimum Gasteiger partial charge on any atom is -0.306 e. The molecule has 0 aromatic heterocycles. The fourth-order valence-electron chi connectivity index (χ4n) is 3.89. The highest BCUT2D eigenvalue weighted by atomic mass is 79.9. The summed E-state index contributed by atoms with van der Waals surface area (Å²) in [6.45, 7) is 0.543. The Hall–Kier alpha value is -1.77. The zero-order valence-electron chi connectivity index (χ0n) is 14.4. The normalized spacial score (nSPS) is 24.8. The van der Waals surface area contributed by atoms with Crippen molar-refractivity contribution in [3.05, 3.63) is 64.4 Å². The zero-order chi connectivity index (χ0) is 19.2. The zero-order valence-corrected chi connectivity index (χ0v) is 16.8. The number of fused-ring (bicyclic) bond motifs is 1.